The van der Waals surface area contributed by atoms with Crippen molar-refractivity contribution in [3.05, 3.63) is 23.8 Å². The number of aliphatic carboxylic acids is 1. The summed E-state index contributed by atoms with van der Waals surface area (Å²) in [4.78, 5) is 49.1. The largest absolute Gasteiger partial charge is 0.475 e. The normalized spacial score (nSPS) is 48.4. The molecule has 7 heteroatoms. The van der Waals surface area contributed by atoms with Gasteiger partial charge in [0.2, 0.25) is 0 Å². The second-order valence-electron chi connectivity index (χ2n) is 9.63. The van der Waals surface area contributed by atoms with E-state index in [0.717, 1.165) is 0 Å². The maximum atomic E-state index is 16.8. The molecule has 4 aliphatic rings. The Labute approximate surface area is 167 Å². The minimum Gasteiger partial charge on any atom is -0.475 e. The van der Waals surface area contributed by atoms with Crippen molar-refractivity contribution in [1.82, 2.24) is 0 Å². The highest BCUT2D eigenvalue weighted by molar-refractivity contribution is 6.36. The number of ketones is 3. The quantitative estimate of drug-likeness (QED) is 0.683. The molecule has 3 fully saturated rings. The van der Waals surface area contributed by atoms with Gasteiger partial charge in [0.1, 0.15) is 5.60 Å². The van der Waals surface area contributed by atoms with E-state index in [-0.39, 0.29) is 12.2 Å². The molecular weight excluding hydrogens is 379 g/mol. The van der Waals surface area contributed by atoms with E-state index >= 15 is 4.39 Å². The summed E-state index contributed by atoms with van der Waals surface area (Å²) in [6.07, 6.45) is 4.74. The fourth-order valence-corrected chi connectivity index (χ4v) is 6.92. The number of carboxylic acids is 1. The number of carbonyl (C=O) groups excluding carboxylic acids is 3. The Hall–Kier alpha value is -2.15. The molecule has 4 aliphatic carbocycles. The maximum Gasteiger partial charge on any atom is 0.375 e. The van der Waals surface area contributed by atoms with E-state index in [0.29, 0.717) is 18.4 Å². The van der Waals surface area contributed by atoms with Crippen LogP contribution in [0.3, 0.4) is 0 Å². The van der Waals surface area contributed by atoms with Crippen molar-refractivity contribution in [1.29, 1.82) is 0 Å². The van der Waals surface area contributed by atoms with E-state index in [1.165, 1.54) is 18.2 Å². The highest BCUT2D eigenvalue weighted by Gasteiger charge is 2.76. The molecule has 0 aromatic heterocycles. The monoisotopic (exact) mass is 404 g/mol. The van der Waals surface area contributed by atoms with Crippen LogP contribution in [0.5, 0.6) is 0 Å². The van der Waals surface area contributed by atoms with Gasteiger partial charge in [-0.05, 0) is 50.2 Å². The molecule has 0 amide bonds. The van der Waals surface area contributed by atoms with E-state index in [2.05, 4.69) is 0 Å². The van der Waals surface area contributed by atoms with Gasteiger partial charge in [0, 0.05) is 23.2 Å². The molecule has 7 atom stereocenters. The molecule has 2 N–H and O–H groups in total. The van der Waals surface area contributed by atoms with Crippen LogP contribution >= 0.6 is 0 Å². The van der Waals surface area contributed by atoms with Crippen LogP contribution in [0.1, 0.15) is 46.5 Å². The van der Waals surface area contributed by atoms with Gasteiger partial charge in [0.15, 0.2) is 17.2 Å². The van der Waals surface area contributed by atoms with E-state index in [9.17, 15) is 29.4 Å². The third kappa shape index (κ3) is 2.09. The summed E-state index contributed by atoms with van der Waals surface area (Å²) in [6, 6.07) is 0. The number of alkyl halides is 1. The number of hydrogen-bond acceptors (Lipinski definition) is 5. The highest BCUT2D eigenvalue weighted by atomic mass is 19.1. The zero-order valence-electron chi connectivity index (χ0n) is 16.7. The van der Waals surface area contributed by atoms with Gasteiger partial charge in [-0.1, -0.05) is 25.5 Å². The minimum absolute atomic E-state index is 0.233. The van der Waals surface area contributed by atoms with Crippen molar-refractivity contribution in [2.24, 2.45) is 28.6 Å². The molecule has 29 heavy (non-hydrogen) atoms. The lowest BCUT2D eigenvalue weighted by atomic mass is 9.45. The molecule has 156 valence electrons. The van der Waals surface area contributed by atoms with Crippen molar-refractivity contribution in [2.45, 2.75) is 57.7 Å². The predicted octanol–water partition coefficient (Wildman–Crippen LogP) is 2.20. The Morgan fingerprint density at radius 1 is 1.21 bits per heavy atom. The van der Waals surface area contributed by atoms with Crippen LogP contribution in [0, 0.1) is 28.6 Å². The van der Waals surface area contributed by atoms with Gasteiger partial charge in [-0.2, -0.15) is 0 Å². The van der Waals surface area contributed by atoms with Gasteiger partial charge >= 0.3 is 5.97 Å². The summed E-state index contributed by atoms with van der Waals surface area (Å²) < 4.78 is 16.8. The number of Topliss-reactive ketones (excluding diaryl/α,β-unsaturated/α-hetero) is 2. The number of allylic oxidation sites excluding steroid dienone is 4. The van der Waals surface area contributed by atoms with Crippen LogP contribution in [-0.4, -0.2) is 44.8 Å². The number of halogens is 1. The second-order valence-corrected chi connectivity index (χ2v) is 9.63. The van der Waals surface area contributed by atoms with Crippen LogP contribution in [0.2, 0.25) is 0 Å². The van der Waals surface area contributed by atoms with Crippen LogP contribution in [0.15, 0.2) is 23.8 Å². The molecule has 0 heterocycles. The first-order valence-electron chi connectivity index (χ1n) is 10.0. The summed E-state index contributed by atoms with van der Waals surface area (Å²) in [6.45, 7) is 4.76. The van der Waals surface area contributed by atoms with Gasteiger partial charge in [0.25, 0.3) is 5.78 Å². The average molecular weight is 404 g/mol. The molecule has 0 radical (unpaired) electrons. The molecule has 0 unspecified atom stereocenters. The van der Waals surface area contributed by atoms with Gasteiger partial charge < -0.3 is 10.2 Å². The van der Waals surface area contributed by atoms with Crippen LogP contribution in [0.25, 0.3) is 0 Å². The van der Waals surface area contributed by atoms with Gasteiger partial charge in [-0.15, -0.1) is 0 Å². The van der Waals surface area contributed by atoms with Crippen molar-refractivity contribution in [3.63, 3.8) is 0 Å². The summed E-state index contributed by atoms with van der Waals surface area (Å²) >= 11 is 0. The third-order valence-electron chi connectivity index (χ3n) is 8.53. The van der Waals surface area contributed by atoms with Gasteiger partial charge in [-0.3, -0.25) is 14.4 Å². The number of aliphatic hydroxyl groups is 1. The SMILES string of the molecule is C[C@@H]1C[C@H]2[C@@H]3CCC4=CC(=O)C=C[C@]4(C)[C@@]3(F)C(=O)C[C@]2(C)[C@@]1(O)C(=O)C(=O)O. The third-order valence-corrected chi connectivity index (χ3v) is 8.53. The number of carboxylic acid groups (broad SMARTS) is 1. The summed E-state index contributed by atoms with van der Waals surface area (Å²) in [5, 5.41) is 20.6. The molecule has 3 saturated carbocycles. The van der Waals surface area contributed by atoms with Gasteiger partial charge in [-0.25, -0.2) is 9.18 Å². The Bertz CT molecular complexity index is 920. The minimum atomic E-state index is -2.27. The first kappa shape index (κ1) is 20.1. The van der Waals surface area contributed by atoms with Crippen molar-refractivity contribution >= 4 is 23.3 Å². The van der Waals surface area contributed by atoms with Crippen LogP contribution in [0.4, 0.5) is 4.39 Å². The molecule has 4 rings (SSSR count). The zero-order valence-corrected chi connectivity index (χ0v) is 16.7. The smallest absolute Gasteiger partial charge is 0.375 e. The fourth-order valence-electron chi connectivity index (χ4n) is 6.92. The van der Waals surface area contributed by atoms with E-state index in [1.54, 1.807) is 20.8 Å². The topological polar surface area (TPSA) is 109 Å². The highest BCUT2D eigenvalue weighted by Crippen LogP contribution is 2.69. The average Bonchev–Trinajstić information content (AvgIpc) is 2.84. The molecular formula is C22H25FO6. The maximum absolute atomic E-state index is 16.8. The number of hydrogen-bond donors (Lipinski definition) is 2. The van der Waals surface area contributed by atoms with Crippen molar-refractivity contribution in [3.8, 4) is 0 Å². The lowest BCUT2D eigenvalue weighted by molar-refractivity contribution is -0.189. The Kier molecular flexibility index (Phi) is 3.97. The molecule has 6 nitrogen and oxygen atoms in total. The van der Waals surface area contributed by atoms with E-state index < -0.39 is 63.8 Å². The van der Waals surface area contributed by atoms with E-state index in [4.69, 9.17) is 0 Å². The van der Waals surface area contributed by atoms with Gasteiger partial charge in [0.05, 0.1) is 0 Å². The Morgan fingerprint density at radius 3 is 2.48 bits per heavy atom. The number of rotatable bonds is 2. The zero-order chi connectivity index (χ0) is 21.6. The summed E-state index contributed by atoms with van der Waals surface area (Å²) in [5.74, 6) is -6.07. The van der Waals surface area contributed by atoms with Crippen LogP contribution < -0.4 is 0 Å². The molecule has 0 bridgehead atoms. The van der Waals surface area contributed by atoms with Crippen molar-refractivity contribution < 1.29 is 33.8 Å². The molecule has 0 aliphatic heterocycles. The molecule has 0 aromatic carbocycles. The van der Waals surface area contributed by atoms with E-state index in [1.807, 2.05) is 0 Å². The summed E-state index contributed by atoms with van der Waals surface area (Å²) in [7, 11) is 0. The molecule has 0 spiro atoms. The van der Waals surface area contributed by atoms with Crippen molar-refractivity contribution in [2.75, 3.05) is 0 Å². The molecule has 0 saturated heterocycles. The number of fused-ring (bicyclic) bond motifs is 5. The lowest BCUT2D eigenvalue weighted by Crippen LogP contribution is -2.68. The lowest BCUT2D eigenvalue weighted by Gasteiger charge is -2.59. The molecule has 0 aromatic rings. The number of carbonyl (C=O) groups is 4. The summed E-state index contributed by atoms with van der Waals surface area (Å²) in [5.41, 5.74) is -6.52. The first-order valence-corrected chi connectivity index (χ1v) is 10.0. The fraction of sp³-hybridized carbons (Fsp3) is 0.636. The first-order chi connectivity index (χ1) is 13.3. The Morgan fingerprint density at radius 2 is 1.86 bits per heavy atom. The predicted molar refractivity (Wildman–Crippen MR) is 99.5 cm³/mol. The van der Waals surface area contributed by atoms with Crippen LogP contribution in [-0.2, 0) is 19.2 Å². The Balaban J connectivity index is 1.86. The standard InChI is InChI=1S/C22H25FO6/c1-11-8-15-14-5-4-12-9-13(24)6-7-19(12,2)21(14,23)16(25)10-20(15,3)22(11,29)17(26)18(27)28/h6-7,9,11,14-15,29H,4-5,8,10H2,1-3H3,(H,27,28)/t11-,14+,15+,19+,20+,21+,22+/m1/s1. The second kappa shape index (κ2) is 5.72.